The first-order valence-corrected chi connectivity index (χ1v) is 8.13. The SMILES string of the molecule is OB(O)OC(C=C(c1ccccc1)c1ccccc1)c1ccccc1. The maximum absolute atomic E-state index is 9.34. The van der Waals surface area contributed by atoms with Crippen LogP contribution in [0, 0.1) is 0 Å². The topological polar surface area (TPSA) is 49.7 Å². The molecule has 0 bridgehead atoms. The molecule has 1 atom stereocenters. The van der Waals surface area contributed by atoms with Crippen LogP contribution in [-0.4, -0.2) is 17.4 Å². The fourth-order valence-electron chi connectivity index (χ4n) is 2.73. The summed E-state index contributed by atoms with van der Waals surface area (Å²) in [5.41, 5.74) is 3.88. The first-order valence-electron chi connectivity index (χ1n) is 8.13. The van der Waals surface area contributed by atoms with Crippen LogP contribution in [0.5, 0.6) is 0 Å². The van der Waals surface area contributed by atoms with Crippen LogP contribution in [0.3, 0.4) is 0 Å². The lowest BCUT2D eigenvalue weighted by atomic mass is 9.94. The van der Waals surface area contributed by atoms with E-state index >= 15 is 0 Å². The molecule has 0 fully saturated rings. The summed E-state index contributed by atoms with van der Waals surface area (Å²) in [6.45, 7) is 0. The lowest BCUT2D eigenvalue weighted by molar-refractivity contribution is 0.148. The molecule has 0 saturated carbocycles. The molecule has 0 saturated heterocycles. The minimum atomic E-state index is -1.85. The van der Waals surface area contributed by atoms with Crippen molar-refractivity contribution in [1.29, 1.82) is 0 Å². The summed E-state index contributed by atoms with van der Waals surface area (Å²) >= 11 is 0. The van der Waals surface area contributed by atoms with Crippen LogP contribution in [0.25, 0.3) is 5.57 Å². The lowest BCUT2D eigenvalue weighted by Crippen LogP contribution is -2.20. The zero-order valence-corrected chi connectivity index (χ0v) is 13.7. The fraction of sp³-hybridized carbons (Fsp3) is 0.0476. The van der Waals surface area contributed by atoms with Crippen LogP contribution in [0.15, 0.2) is 97.1 Å². The predicted octanol–water partition coefficient (Wildman–Crippen LogP) is 3.85. The third-order valence-corrected chi connectivity index (χ3v) is 3.88. The molecular weight excluding hydrogens is 311 g/mol. The van der Waals surface area contributed by atoms with Crippen LogP contribution in [0.1, 0.15) is 22.8 Å². The molecule has 2 N–H and O–H groups in total. The molecule has 3 aromatic carbocycles. The van der Waals surface area contributed by atoms with Crippen LogP contribution in [0.4, 0.5) is 0 Å². The number of benzene rings is 3. The predicted molar refractivity (Wildman–Crippen MR) is 100 cm³/mol. The van der Waals surface area contributed by atoms with Gasteiger partial charge in [0.15, 0.2) is 0 Å². The molecule has 0 amide bonds. The van der Waals surface area contributed by atoms with Gasteiger partial charge in [-0.05, 0) is 28.3 Å². The van der Waals surface area contributed by atoms with Crippen molar-refractivity contribution in [3.8, 4) is 0 Å². The van der Waals surface area contributed by atoms with E-state index in [0.29, 0.717) is 0 Å². The Labute approximate surface area is 148 Å². The van der Waals surface area contributed by atoms with E-state index in [2.05, 4.69) is 0 Å². The number of rotatable bonds is 6. The summed E-state index contributed by atoms with van der Waals surface area (Å²) in [4.78, 5) is 0. The summed E-state index contributed by atoms with van der Waals surface area (Å²) in [5, 5.41) is 18.7. The minimum Gasteiger partial charge on any atom is -0.402 e. The van der Waals surface area contributed by atoms with Gasteiger partial charge in [-0.25, -0.2) is 0 Å². The average molecular weight is 330 g/mol. The van der Waals surface area contributed by atoms with Gasteiger partial charge in [-0.1, -0.05) is 91.0 Å². The van der Waals surface area contributed by atoms with Crippen LogP contribution >= 0.6 is 0 Å². The van der Waals surface area contributed by atoms with Gasteiger partial charge >= 0.3 is 7.32 Å². The Balaban J connectivity index is 2.09. The van der Waals surface area contributed by atoms with Crippen molar-refractivity contribution in [1.82, 2.24) is 0 Å². The highest BCUT2D eigenvalue weighted by Gasteiger charge is 2.19. The Morgan fingerprint density at radius 3 is 1.60 bits per heavy atom. The van der Waals surface area contributed by atoms with Gasteiger partial charge in [-0.15, -0.1) is 0 Å². The van der Waals surface area contributed by atoms with Gasteiger partial charge in [-0.2, -0.15) is 0 Å². The second-order valence-corrected chi connectivity index (χ2v) is 5.61. The molecule has 0 radical (unpaired) electrons. The lowest BCUT2D eigenvalue weighted by Gasteiger charge is -2.18. The molecule has 3 nitrogen and oxygen atoms in total. The molecule has 124 valence electrons. The normalized spacial score (nSPS) is 11.6. The molecule has 0 aromatic heterocycles. The minimum absolute atomic E-state index is 0.586. The van der Waals surface area contributed by atoms with Gasteiger partial charge in [0.05, 0.1) is 6.10 Å². The van der Waals surface area contributed by atoms with E-state index in [4.69, 9.17) is 4.65 Å². The molecule has 0 spiro atoms. The third-order valence-electron chi connectivity index (χ3n) is 3.88. The molecule has 0 heterocycles. The third kappa shape index (κ3) is 4.67. The first-order chi connectivity index (χ1) is 12.2. The highest BCUT2D eigenvalue weighted by atomic mass is 16.6. The van der Waals surface area contributed by atoms with Crippen molar-refractivity contribution in [2.24, 2.45) is 0 Å². The van der Waals surface area contributed by atoms with Crippen molar-refractivity contribution in [2.75, 3.05) is 0 Å². The van der Waals surface area contributed by atoms with Crippen molar-refractivity contribution in [2.45, 2.75) is 6.10 Å². The Bertz CT molecular complexity index is 761. The van der Waals surface area contributed by atoms with Crippen molar-refractivity contribution < 1.29 is 14.7 Å². The summed E-state index contributed by atoms with van der Waals surface area (Å²) in [6.07, 6.45) is 1.33. The quantitative estimate of drug-likeness (QED) is 0.675. The molecule has 3 rings (SSSR count). The highest BCUT2D eigenvalue weighted by molar-refractivity contribution is 6.32. The number of hydrogen-bond donors (Lipinski definition) is 2. The summed E-state index contributed by atoms with van der Waals surface area (Å²) in [7, 11) is -1.85. The molecule has 0 aliphatic heterocycles. The number of hydrogen-bond acceptors (Lipinski definition) is 3. The highest BCUT2D eigenvalue weighted by Crippen LogP contribution is 2.29. The van der Waals surface area contributed by atoms with Crippen molar-refractivity contribution in [3.63, 3.8) is 0 Å². The second kappa shape index (κ2) is 8.44. The maximum Gasteiger partial charge on any atom is 0.634 e. The molecule has 0 aliphatic carbocycles. The summed E-state index contributed by atoms with van der Waals surface area (Å²) in [6, 6.07) is 29.4. The second-order valence-electron chi connectivity index (χ2n) is 5.61. The zero-order valence-electron chi connectivity index (χ0n) is 13.7. The van der Waals surface area contributed by atoms with Crippen LogP contribution in [-0.2, 0) is 4.65 Å². The van der Waals surface area contributed by atoms with E-state index in [9.17, 15) is 10.0 Å². The maximum atomic E-state index is 9.34. The smallest absolute Gasteiger partial charge is 0.402 e. The van der Waals surface area contributed by atoms with E-state index in [1.54, 1.807) is 0 Å². The Morgan fingerprint density at radius 1 is 0.720 bits per heavy atom. The Morgan fingerprint density at radius 2 is 1.16 bits per heavy atom. The van der Waals surface area contributed by atoms with Crippen molar-refractivity contribution in [3.05, 3.63) is 114 Å². The molecule has 0 aliphatic rings. The molecular formula is C21H19BO3. The van der Waals surface area contributed by atoms with E-state index in [1.807, 2.05) is 97.1 Å². The zero-order chi connectivity index (χ0) is 17.5. The average Bonchev–Trinajstić information content (AvgIpc) is 2.67. The fourth-order valence-corrected chi connectivity index (χ4v) is 2.73. The summed E-state index contributed by atoms with van der Waals surface area (Å²) in [5.74, 6) is 0. The Kier molecular flexibility index (Phi) is 5.80. The van der Waals surface area contributed by atoms with Gasteiger partial charge in [0.25, 0.3) is 0 Å². The molecule has 4 heteroatoms. The molecule has 1 unspecified atom stereocenters. The largest absolute Gasteiger partial charge is 0.634 e. The van der Waals surface area contributed by atoms with Crippen LogP contribution < -0.4 is 0 Å². The van der Waals surface area contributed by atoms with E-state index in [-0.39, 0.29) is 0 Å². The first kappa shape index (κ1) is 17.2. The summed E-state index contributed by atoms with van der Waals surface area (Å²) < 4.78 is 5.34. The monoisotopic (exact) mass is 330 g/mol. The van der Waals surface area contributed by atoms with Gasteiger partial charge in [0.1, 0.15) is 0 Å². The van der Waals surface area contributed by atoms with Gasteiger partial charge in [0, 0.05) is 0 Å². The van der Waals surface area contributed by atoms with Crippen LogP contribution in [0.2, 0.25) is 0 Å². The standard InChI is InChI=1S/C21H19BO3/c23-22(24)25-21(19-14-8-3-9-15-19)16-20(17-10-4-1-5-11-17)18-12-6-2-7-13-18/h1-16,21,23-24H. The van der Waals surface area contributed by atoms with Crippen molar-refractivity contribution >= 4 is 12.9 Å². The van der Waals surface area contributed by atoms with Gasteiger partial charge in [-0.3, -0.25) is 0 Å². The van der Waals surface area contributed by atoms with E-state index in [1.165, 1.54) is 0 Å². The molecule has 25 heavy (non-hydrogen) atoms. The Hall–Kier alpha value is -2.66. The van der Waals surface area contributed by atoms with E-state index < -0.39 is 13.4 Å². The molecule has 3 aromatic rings. The van der Waals surface area contributed by atoms with Gasteiger partial charge < -0.3 is 14.7 Å². The van der Waals surface area contributed by atoms with Gasteiger partial charge in [0.2, 0.25) is 0 Å². The van der Waals surface area contributed by atoms with E-state index in [0.717, 1.165) is 22.3 Å².